The molecule has 0 radical (unpaired) electrons. The van der Waals surface area contributed by atoms with Crippen LogP contribution in [0.4, 0.5) is 0 Å². The summed E-state index contributed by atoms with van der Waals surface area (Å²) in [7, 11) is 0. The maximum atomic E-state index is 6.06. The fraction of sp³-hybridized carbons (Fsp3) is 0.647. The zero-order valence-electron chi connectivity index (χ0n) is 11.9. The number of benzene rings is 1. The van der Waals surface area contributed by atoms with Gasteiger partial charge in [0.1, 0.15) is 0 Å². The lowest BCUT2D eigenvalue weighted by molar-refractivity contribution is 0.331. The van der Waals surface area contributed by atoms with Gasteiger partial charge in [0.25, 0.3) is 0 Å². The normalized spacial score (nSPS) is 23.0. The minimum absolute atomic E-state index is 0.284. The van der Waals surface area contributed by atoms with Gasteiger partial charge in [-0.05, 0) is 49.9 Å². The fourth-order valence-electron chi connectivity index (χ4n) is 3.83. The molecule has 1 saturated carbocycles. The average molecular weight is 258 g/mol. The van der Waals surface area contributed by atoms with Crippen molar-refractivity contribution in [3.8, 4) is 0 Å². The van der Waals surface area contributed by atoms with Crippen molar-refractivity contribution < 1.29 is 0 Å². The van der Waals surface area contributed by atoms with E-state index in [1.165, 1.54) is 62.7 Å². The lowest BCUT2D eigenvalue weighted by Crippen LogP contribution is -2.32. The first-order valence-corrected chi connectivity index (χ1v) is 7.84. The molecule has 2 heteroatoms. The van der Waals surface area contributed by atoms with Gasteiger partial charge in [-0.15, -0.1) is 0 Å². The van der Waals surface area contributed by atoms with Crippen molar-refractivity contribution in [3.63, 3.8) is 0 Å². The average Bonchev–Trinajstić information content (AvgIpc) is 3.11. The van der Waals surface area contributed by atoms with Gasteiger partial charge >= 0.3 is 0 Å². The highest BCUT2D eigenvalue weighted by molar-refractivity contribution is 5.30. The molecule has 1 aromatic rings. The van der Waals surface area contributed by atoms with Crippen LogP contribution in [0.25, 0.3) is 0 Å². The monoisotopic (exact) mass is 258 g/mol. The third-order valence-corrected chi connectivity index (χ3v) is 5.12. The highest BCUT2D eigenvalue weighted by Gasteiger charge is 2.33. The molecule has 104 valence electrons. The predicted octanol–water partition coefficient (Wildman–Crippen LogP) is 3.05. The van der Waals surface area contributed by atoms with Gasteiger partial charge in [-0.25, -0.2) is 0 Å². The summed E-state index contributed by atoms with van der Waals surface area (Å²) in [5.41, 5.74) is 9.27. The summed E-state index contributed by atoms with van der Waals surface area (Å²) in [5.74, 6) is 0. The van der Waals surface area contributed by atoms with Crippen LogP contribution in [0.2, 0.25) is 0 Å². The SMILES string of the molecule is NCC1(c2ccc(CN3CCCC3)cc2)CCCC1. The van der Waals surface area contributed by atoms with Crippen molar-refractivity contribution in [1.82, 2.24) is 4.90 Å². The van der Waals surface area contributed by atoms with E-state index in [9.17, 15) is 0 Å². The molecule has 0 spiro atoms. The van der Waals surface area contributed by atoms with Gasteiger partial charge in [-0.3, -0.25) is 4.90 Å². The van der Waals surface area contributed by atoms with Gasteiger partial charge in [0, 0.05) is 18.5 Å². The number of rotatable bonds is 4. The Morgan fingerprint density at radius 1 is 0.947 bits per heavy atom. The Bertz CT molecular complexity index is 398. The summed E-state index contributed by atoms with van der Waals surface area (Å²) in [5, 5.41) is 0. The Morgan fingerprint density at radius 2 is 1.58 bits per heavy atom. The van der Waals surface area contributed by atoms with E-state index in [0.29, 0.717) is 0 Å². The number of likely N-dealkylation sites (tertiary alicyclic amines) is 1. The summed E-state index contributed by atoms with van der Waals surface area (Å²) < 4.78 is 0. The van der Waals surface area contributed by atoms with Crippen LogP contribution in [0.15, 0.2) is 24.3 Å². The molecule has 19 heavy (non-hydrogen) atoms. The first-order valence-electron chi connectivity index (χ1n) is 7.84. The summed E-state index contributed by atoms with van der Waals surface area (Å²) in [6.45, 7) is 4.47. The molecule has 1 aromatic carbocycles. The Kier molecular flexibility index (Phi) is 3.90. The highest BCUT2D eigenvalue weighted by Crippen LogP contribution is 2.40. The van der Waals surface area contributed by atoms with E-state index in [4.69, 9.17) is 5.73 Å². The molecule has 2 nitrogen and oxygen atoms in total. The summed E-state index contributed by atoms with van der Waals surface area (Å²) >= 11 is 0. The van der Waals surface area contributed by atoms with Gasteiger partial charge in [-0.2, -0.15) is 0 Å². The molecule has 0 bridgehead atoms. The molecule has 0 amide bonds. The number of hydrogen-bond acceptors (Lipinski definition) is 2. The molecule has 1 heterocycles. The largest absolute Gasteiger partial charge is 0.330 e. The Morgan fingerprint density at radius 3 is 2.16 bits per heavy atom. The maximum absolute atomic E-state index is 6.06. The second kappa shape index (κ2) is 5.64. The van der Waals surface area contributed by atoms with E-state index < -0.39 is 0 Å². The maximum Gasteiger partial charge on any atom is 0.0233 e. The molecule has 1 aliphatic heterocycles. The van der Waals surface area contributed by atoms with E-state index in [1.807, 2.05) is 0 Å². The molecule has 2 N–H and O–H groups in total. The van der Waals surface area contributed by atoms with E-state index in [0.717, 1.165) is 13.1 Å². The van der Waals surface area contributed by atoms with Crippen molar-refractivity contribution in [1.29, 1.82) is 0 Å². The van der Waals surface area contributed by atoms with Crippen LogP contribution in [0.3, 0.4) is 0 Å². The Balaban J connectivity index is 1.71. The van der Waals surface area contributed by atoms with Crippen molar-refractivity contribution >= 4 is 0 Å². The molecule has 3 rings (SSSR count). The lowest BCUT2D eigenvalue weighted by Gasteiger charge is -2.28. The molecular weight excluding hydrogens is 232 g/mol. The first kappa shape index (κ1) is 13.1. The second-order valence-electron chi connectivity index (χ2n) is 6.37. The molecule has 0 unspecified atom stereocenters. The number of hydrogen-bond donors (Lipinski definition) is 1. The minimum Gasteiger partial charge on any atom is -0.330 e. The topological polar surface area (TPSA) is 29.3 Å². The quantitative estimate of drug-likeness (QED) is 0.899. The molecule has 2 fully saturated rings. The van der Waals surface area contributed by atoms with Crippen molar-refractivity contribution in [2.45, 2.75) is 50.5 Å². The van der Waals surface area contributed by atoms with Gasteiger partial charge in [0.2, 0.25) is 0 Å². The van der Waals surface area contributed by atoms with Crippen molar-refractivity contribution in [3.05, 3.63) is 35.4 Å². The van der Waals surface area contributed by atoms with Crippen LogP contribution in [0, 0.1) is 0 Å². The third-order valence-electron chi connectivity index (χ3n) is 5.12. The Labute approximate surface area is 117 Å². The van der Waals surface area contributed by atoms with Gasteiger partial charge in [0.05, 0.1) is 0 Å². The van der Waals surface area contributed by atoms with Gasteiger partial charge < -0.3 is 5.73 Å². The molecule has 1 aliphatic carbocycles. The van der Waals surface area contributed by atoms with Crippen molar-refractivity contribution in [2.24, 2.45) is 5.73 Å². The van der Waals surface area contributed by atoms with Crippen LogP contribution in [0.1, 0.15) is 49.7 Å². The van der Waals surface area contributed by atoms with E-state index in [2.05, 4.69) is 29.2 Å². The number of nitrogens with two attached hydrogens (primary N) is 1. The Hall–Kier alpha value is -0.860. The van der Waals surface area contributed by atoms with Crippen LogP contribution >= 0.6 is 0 Å². The number of nitrogens with zero attached hydrogens (tertiary/aromatic N) is 1. The highest BCUT2D eigenvalue weighted by atomic mass is 15.1. The smallest absolute Gasteiger partial charge is 0.0233 e. The summed E-state index contributed by atoms with van der Waals surface area (Å²) in [6, 6.07) is 9.32. The molecule has 0 aromatic heterocycles. The van der Waals surface area contributed by atoms with Crippen LogP contribution in [0.5, 0.6) is 0 Å². The predicted molar refractivity (Wildman–Crippen MR) is 80.2 cm³/mol. The third kappa shape index (κ3) is 2.70. The standard InChI is InChI=1S/C17H26N2/c18-14-17(9-1-2-10-17)16-7-5-15(6-8-16)13-19-11-3-4-12-19/h5-8H,1-4,9-14,18H2. The second-order valence-corrected chi connectivity index (χ2v) is 6.37. The lowest BCUT2D eigenvalue weighted by atomic mass is 9.79. The van der Waals surface area contributed by atoms with Crippen LogP contribution in [-0.4, -0.2) is 24.5 Å². The summed E-state index contributed by atoms with van der Waals surface area (Å²) in [6.07, 6.45) is 7.96. The molecule has 2 aliphatic rings. The molecule has 0 atom stereocenters. The van der Waals surface area contributed by atoms with E-state index in [1.54, 1.807) is 0 Å². The van der Waals surface area contributed by atoms with Crippen LogP contribution < -0.4 is 5.73 Å². The first-order chi connectivity index (χ1) is 9.32. The molecule has 1 saturated heterocycles. The van der Waals surface area contributed by atoms with E-state index >= 15 is 0 Å². The van der Waals surface area contributed by atoms with Crippen molar-refractivity contribution in [2.75, 3.05) is 19.6 Å². The van der Waals surface area contributed by atoms with Gasteiger partial charge in [0.15, 0.2) is 0 Å². The van der Waals surface area contributed by atoms with E-state index in [-0.39, 0.29) is 5.41 Å². The zero-order valence-corrected chi connectivity index (χ0v) is 11.9. The summed E-state index contributed by atoms with van der Waals surface area (Å²) in [4.78, 5) is 2.56. The zero-order chi connectivity index (χ0) is 13.1. The van der Waals surface area contributed by atoms with Crippen LogP contribution in [-0.2, 0) is 12.0 Å². The molecular formula is C17H26N2. The minimum atomic E-state index is 0.284. The fourth-order valence-corrected chi connectivity index (χ4v) is 3.83. The van der Waals surface area contributed by atoms with Gasteiger partial charge in [-0.1, -0.05) is 37.1 Å².